The van der Waals surface area contributed by atoms with Crippen LogP contribution in [0.1, 0.15) is 30.8 Å². The van der Waals surface area contributed by atoms with E-state index >= 15 is 0 Å². The first kappa shape index (κ1) is 21.3. The van der Waals surface area contributed by atoms with Crippen molar-refractivity contribution in [1.82, 2.24) is 9.88 Å². The zero-order valence-electron chi connectivity index (χ0n) is 18.3. The van der Waals surface area contributed by atoms with E-state index in [1.165, 1.54) is 0 Å². The number of carbonyl (C=O) groups is 1. The lowest BCUT2D eigenvalue weighted by atomic mass is 10.0. The van der Waals surface area contributed by atoms with Crippen LogP contribution in [0, 0.1) is 24.6 Å². The zero-order valence-corrected chi connectivity index (χ0v) is 18.3. The Hall–Kier alpha value is -2.93. The molecule has 0 unspecified atom stereocenters. The standard InChI is InChI=1S/C24H29FN4O2/c1-16(2)10-18-4-6-21(11-22(18)25)28-8-9-29(15-28)23-7-5-20(26-17(23)3)14-27-12-19(13-27)24(30)31/h4-9,11,16,19H,10,12-15H2,1-3H3,(H,30,31). The van der Waals surface area contributed by atoms with Gasteiger partial charge in [0.15, 0.2) is 0 Å². The minimum absolute atomic E-state index is 0.156. The van der Waals surface area contributed by atoms with Crippen molar-refractivity contribution in [2.24, 2.45) is 11.8 Å². The molecule has 164 valence electrons. The van der Waals surface area contributed by atoms with Crippen molar-refractivity contribution in [3.63, 3.8) is 0 Å². The Bertz CT molecular complexity index is 1000. The van der Waals surface area contributed by atoms with E-state index < -0.39 is 5.97 Å². The molecule has 1 saturated heterocycles. The Morgan fingerprint density at radius 1 is 1.19 bits per heavy atom. The van der Waals surface area contributed by atoms with Crippen LogP contribution in [0.5, 0.6) is 0 Å². The van der Waals surface area contributed by atoms with E-state index in [4.69, 9.17) is 10.1 Å². The summed E-state index contributed by atoms with van der Waals surface area (Å²) in [5.41, 5.74) is 4.44. The summed E-state index contributed by atoms with van der Waals surface area (Å²) in [6, 6.07) is 9.50. The Morgan fingerprint density at radius 2 is 1.94 bits per heavy atom. The summed E-state index contributed by atoms with van der Waals surface area (Å²) in [5.74, 6) is -0.724. The smallest absolute Gasteiger partial charge is 0.309 e. The normalized spacial score (nSPS) is 16.9. The predicted octanol–water partition coefficient (Wildman–Crippen LogP) is 4.00. The number of likely N-dealkylation sites (tertiary alicyclic amines) is 1. The molecule has 4 rings (SSSR count). The molecule has 0 spiro atoms. The minimum atomic E-state index is -0.726. The number of benzene rings is 1. The molecule has 7 heteroatoms. The van der Waals surface area contributed by atoms with Crippen molar-refractivity contribution in [3.05, 3.63) is 65.5 Å². The number of hydrogen-bond donors (Lipinski definition) is 1. The van der Waals surface area contributed by atoms with Gasteiger partial charge < -0.3 is 14.9 Å². The number of hydrogen-bond acceptors (Lipinski definition) is 5. The number of halogens is 1. The molecule has 0 saturated carbocycles. The maximum Gasteiger partial charge on any atom is 0.309 e. The molecule has 2 aromatic rings. The highest BCUT2D eigenvalue weighted by atomic mass is 19.1. The Labute approximate surface area is 182 Å². The fraction of sp³-hybridized carbons (Fsp3) is 0.417. The van der Waals surface area contributed by atoms with Crippen LogP contribution in [0.3, 0.4) is 0 Å². The van der Waals surface area contributed by atoms with Gasteiger partial charge in [-0.15, -0.1) is 0 Å². The summed E-state index contributed by atoms with van der Waals surface area (Å²) < 4.78 is 14.5. The molecule has 0 amide bonds. The zero-order chi connectivity index (χ0) is 22.1. The second-order valence-electron chi connectivity index (χ2n) is 8.89. The van der Waals surface area contributed by atoms with E-state index in [2.05, 4.69) is 23.6 Å². The second kappa shape index (κ2) is 8.67. The van der Waals surface area contributed by atoms with Crippen molar-refractivity contribution in [2.75, 3.05) is 29.6 Å². The molecule has 1 aromatic heterocycles. The highest BCUT2D eigenvalue weighted by Gasteiger charge is 2.32. The van der Waals surface area contributed by atoms with Gasteiger partial charge >= 0.3 is 5.97 Å². The number of carboxylic acid groups (broad SMARTS) is 1. The van der Waals surface area contributed by atoms with Crippen LogP contribution in [0.4, 0.5) is 15.8 Å². The largest absolute Gasteiger partial charge is 0.481 e. The molecular formula is C24H29FN4O2. The molecule has 6 nitrogen and oxygen atoms in total. The van der Waals surface area contributed by atoms with Crippen molar-refractivity contribution in [1.29, 1.82) is 0 Å². The fourth-order valence-corrected chi connectivity index (χ4v) is 4.15. The van der Waals surface area contributed by atoms with Crippen molar-refractivity contribution in [3.8, 4) is 0 Å². The van der Waals surface area contributed by atoms with E-state index in [-0.39, 0.29) is 11.7 Å². The summed E-state index contributed by atoms with van der Waals surface area (Å²) in [6.07, 6.45) is 4.67. The molecule has 1 N–H and O–H groups in total. The predicted molar refractivity (Wildman–Crippen MR) is 119 cm³/mol. The summed E-state index contributed by atoms with van der Waals surface area (Å²) in [6.45, 7) is 8.57. The van der Waals surface area contributed by atoms with Gasteiger partial charge in [-0.2, -0.15) is 0 Å². The Kier molecular flexibility index (Phi) is 5.96. The summed E-state index contributed by atoms with van der Waals surface area (Å²) in [7, 11) is 0. The molecule has 2 aliphatic rings. The number of aliphatic carboxylic acids is 1. The van der Waals surface area contributed by atoms with E-state index in [9.17, 15) is 9.18 Å². The number of anilines is 2. The van der Waals surface area contributed by atoms with Gasteiger partial charge in [0.1, 0.15) is 5.82 Å². The monoisotopic (exact) mass is 424 g/mol. The number of aromatic nitrogens is 1. The van der Waals surface area contributed by atoms with Crippen LogP contribution < -0.4 is 9.80 Å². The molecule has 0 bridgehead atoms. The van der Waals surface area contributed by atoms with Crippen LogP contribution in [0.15, 0.2) is 42.7 Å². The second-order valence-corrected chi connectivity index (χ2v) is 8.89. The lowest BCUT2D eigenvalue weighted by Crippen LogP contribution is -2.49. The first-order chi connectivity index (χ1) is 14.8. The average molecular weight is 425 g/mol. The van der Waals surface area contributed by atoms with Crippen LogP contribution in [0.2, 0.25) is 0 Å². The van der Waals surface area contributed by atoms with E-state index in [1.54, 1.807) is 6.07 Å². The fourth-order valence-electron chi connectivity index (χ4n) is 4.15. The summed E-state index contributed by atoms with van der Waals surface area (Å²) in [4.78, 5) is 21.9. The van der Waals surface area contributed by atoms with Gasteiger partial charge in [-0.25, -0.2) is 4.39 Å². The maximum absolute atomic E-state index is 14.5. The molecule has 31 heavy (non-hydrogen) atoms. The topological polar surface area (TPSA) is 59.9 Å². The number of nitrogens with zero attached hydrogens (tertiary/aromatic N) is 4. The minimum Gasteiger partial charge on any atom is -0.481 e. The van der Waals surface area contributed by atoms with E-state index in [1.807, 2.05) is 48.5 Å². The number of carboxylic acids is 1. The van der Waals surface area contributed by atoms with E-state index in [0.717, 1.165) is 34.7 Å². The first-order valence-electron chi connectivity index (χ1n) is 10.7. The van der Waals surface area contributed by atoms with Gasteiger partial charge in [0.25, 0.3) is 0 Å². The molecule has 1 fully saturated rings. The Balaban J connectivity index is 1.39. The number of pyridine rings is 1. The quantitative estimate of drug-likeness (QED) is 0.725. The third-order valence-electron chi connectivity index (χ3n) is 5.84. The first-order valence-corrected chi connectivity index (χ1v) is 10.7. The Morgan fingerprint density at radius 3 is 2.58 bits per heavy atom. The van der Waals surface area contributed by atoms with Crippen LogP contribution >= 0.6 is 0 Å². The van der Waals surface area contributed by atoms with Gasteiger partial charge in [-0.3, -0.25) is 14.7 Å². The molecular weight excluding hydrogens is 395 g/mol. The van der Waals surface area contributed by atoms with Gasteiger partial charge in [-0.1, -0.05) is 19.9 Å². The third kappa shape index (κ3) is 4.71. The van der Waals surface area contributed by atoms with Crippen molar-refractivity contribution in [2.45, 2.75) is 33.7 Å². The molecule has 0 atom stereocenters. The highest BCUT2D eigenvalue weighted by molar-refractivity contribution is 5.71. The third-order valence-corrected chi connectivity index (χ3v) is 5.84. The lowest BCUT2D eigenvalue weighted by molar-refractivity contribution is -0.147. The molecule has 0 aliphatic carbocycles. The van der Waals surface area contributed by atoms with Gasteiger partial charge in [0.2, 0.25) is 0 Å². The van der Waals surface area contributed by atoms with Crippen LogP contribution in [0.25, 0.3) is 0 Å². The molecule has 2 aliphatic heterocycles. The summed E-state index contributed by atoms with van der Waals surface area (Å²) in [5, 5.41) is 9.01. The average Bonchev–Trinajstić information content (AvgIpc) is 3.15. The van der Waals surface area contributed by atoms with E-state index in [0.29, 0.717) is 32.2 Å². The number of rotatable bonds is 7. The van der Waals surface area contributed by atoms with Crippen LogP contribution in [-0.2, 0) is 17.8 Å². The highest BCUT2D eigenvalue weighted by Crippen LogP contribution is 2.28. The van der Waals surface area contributed by atoms with Gasteiger partial charge in [-0.05, 0) is 49.1 Å². The molecule has 3 heterocycles. The van der Waals surface area contributed by atoms with Crippen molar-refractivity contribution < 1.29 is 14.3 Å². The summed E-state index contributed by atoms with van der Waals surface area (Å²) >= 11 is 0. The van der Waals surface area contributed by atoms with Gasteiger partial charge in [0, 0.05) is 37.7 Å². The van der Waals surface area contributed by atoms with Gasteiger partial charge in [0.05, 0.1) is 29.7 Å². The molecule has 0 radical (unpaired) electrons. The lowest BCUT2D eigenvalue weighted by Gasteiger charge is -2.36. The SMILES string of the molecule is Cc1nc(CN2CC(C(=O)O)C2)ccc1N1C=CN(c2ccc(CC(C)C)c(F)c2)C1. The van der Waals surface area contributed by atoms with Crippen LogP contribution in [-0.4, -0.2) is 40.7 Å². The molecule has 1 aromatic carbocycles. The maximum atomic E-state index is 14.5. The number of aryl methyl sites for hydroxylation is 1. The van der Waals surface area contributed by atoms with Crippen molar-refractivity contribution >= 4 is 17.3 Å².